The highest BCUT2D eigenvalue weighted by Gasteiger charge is 2.18. The molecule has 3 aromatic rings. The second-order valence-corrected chi connectivity index (χ2v) is 6.11. The van der Waals surface area contributed by atoms with Gasteiger partial charge in [-0.25, -0.2) is 0 Å². The standard InChI is InChI=1S/C20H22N2/c1-2-7-16(8-3-1)9-6-14-22-19-11-5-4-10-17(19)18-12-13-21-15-20(18)22/h1-5,7-8,10-11,21H,6,9,12-15H2. The van der Waals surface area contributed by atoms with Gasteiger partial charge in [0.05, 0.1) is 0 Å². The predicted molar refractivity (Wildman–Crippen MR) is 92.1 cm³/mol. The lowest BCUT2D eigenvalue weighted by molar-refractivity contribution is 0.570. The fourth-order valence-electron chi connectivity index (χ4n) is 3.67. The number of benzene rings is 2. The normalized spacial score (nSPS) is 14.2. The summed E-state index contributed by atoms with van der Waals surface area (Å²) in [6.45, 7) is 3.22. The Hall–Kier alpha value is -2.06. The molecule has 1 N–H and O–H groups in total. The number of hydrogen-bond donors (Lipinski definition) is 1. The predicted octanol–water partition coefficient (Wildman–Crippen LogP) is 3.92. The Bertz CT molecular complexity index is 771. The van der Waals surface area contributed by atoms with Gasteiger partial charge in [0.1, 0.15) is 0 Å². The molecule has 4 rings (SSSR count). The summed E-state index contributed by atoms with van der Waals surface area (Å²) in [6, 6.07) is 19.7. The van der Waals surface area contributed by atoms with Crippen LogP contribution < -0.4 is 5.32 Å². The number of aryl methyl sites for hydroxylation is 2. The Labute approximate surface area is 131 Å². The number of aromatic nitrogens is 1. The zero-order valence-electron chi connectivity index (χ0n) is 12.9. The second kappa shape index (κ2) is 5.98. The van der Waals surface area contributed by atoms with E-state index >= 15 is 0 Å². The van der Waals surface area contributed by atoms with Crippen molar-refractivity contribution in [3.63, 3.8) is 0 Å². The third kappa shape index (κ3) is 2.44. The summed E-state index contributed by atoms with van der Waals surface area (Å²) in [4.78, 5) is 0. The van der Waals surface area contributed by atoms with E-state index in [1.54, 1.807) is 5.56 Å². The van der Waals surface area contributed by atoms with Crippen LogP contribution in [0.15, 0.2) is 54.6 Å². The van der Waals surface area contributed by atoms with Gasteiger partial charge in [-0.05, 0) is 43.0 Å². The van der Waals surface area contributed by atoms with Crippen LogP contribution in [0.3, 0.4) is 0 Å². The quantitative estimate of drug-likeness (QED) is 0.770. The summed E-state index contributed by atoms with van der Waals surface area (Å²) in [7, 11) is 0. The summed E-state index contributed by atoms with van der Waals surface area (Å²) in [6.07, 6.45) is 3.49. The fraction of sp³-hybridized carbons (Fsp3) is 0.300. The first-order valence-corrected chi connectivity index (χ1v) is 8.27. The van der Waals surface area contributed by atoms with Gasteiger partial charge in [0, 0.05) is 29.7 Å². The number of nitrogens with one attached hydrogen (secondary N) is 1. The number of rotatable bonds is 4. The van der Waals surface area contributed by atoms with Crippen LogP contribution in [0, 0.1) is 0 Å². The average molecular weight is 290 g/mol. The van der Waals surface area contributed by atoms with Gasteiger partial charge < -0.3 is 9.88 Å². The number of para-hydroxylation sites is 1. The van der Waals surface area contributed by atoms with E-state index in [2.05, 4.69) is 64.5 Å². The first-order valence-electron chi connectivity index (χ1n) is 8.27. The molecule has 0 saturated heterocycles. The monoisotopic (exact) mass is 290 g/mol. The van der Waals surface area contributed by atoms with Crippen molar-refractivity contribution in [3.8, 4) is 0 Å². The van der Waals surface area contributed by atoms with Gasteiger partial charge in [0.25, 0.3) is 0 Å². The molecule has 2 aromatic carbocycles. The van der Waals surface area contributed by atoms with Gasteiger partial charge in [0.15, 0.2) is 0 Å². The van der Waals surface area contributed by atoms with E-state index in [9.17, 15) is 0 Å². The molecule has 0 bridgehead atoms. The van der Waals surface area contributed by atoms with Crippen LogP contribution in [0.4, 0.5) is 0 Å². The van der Waals surface area contributed by atoms with E-state index in [1.807, 2.05) is 0 Å². The van der Waals surface area contributed by atoms with Gasteiger partial charge in [-0.15, -0.1) is 0 Å². The summed E-state index contributed by atoms with van der Waals surface area (Å²) >= 11 is 0. The molecule has 112 valence electrons. The Morgan fingerprint density at radius 3 is 2.68 bits per heavy atom. The lowest BCUT2D eigenvalue weighted by atomic mass is 10.0. The first-order chi connectivity index (χ1) is 10.9. The van der Waals surface area contributed by atoms with Crippen molar-refractivity contribution in [1.29, 1.82) is 0 Å². The molecule has 0 fully saturated rings. The summed E-state index contributed by atoms with van der Waals surface area (Å²) in [5, 5.41) is 4.99. The molecule has 2 nitrogen and oxygen atoms in total. The zero-order chi connectivity index (χ0) is 14.8. The molecular formula is C20H22N2. The van der Waals surface area contributed by atoms with Crippen LogP contribution in [-0.4, -0.2) is 11.1 Å². The van der Waals surface area contributed by atoms with E-state index in [0.717, 1.165) is 32.5 Å². The Balaban J connectivity index is 1.61. The maximum atomic E-state index is 3.53. The first kappa shape index (κ1) is 13.6. The molecule has 0 radical (unpaired) electrons. The van der Waals surface area contributed by atoms with E-state index in [-0.39, 0.29) is 0 Å². The third-order valence-corrected chi connectivity index (χ3v) is 4.73. The lowest BCUT2D eigenvalue weighted by Gasteiger charge is -2.17. The van der Waals surface area contributed by atoms with Crippen LogP contribution >= 0.6 is 0 Å². The van der Waals surface area contributed by atoms with E-state index in [0.29, 0.717) is 0 Å². The van der Waals surface area contributed by atoms with Gasteiger partial charge in [-0.3, -0.25) is 0 Å². The molecule has 1 aliphatic rings. The van der Waals surface area contributed by atoms with Crippen LogP contribution in [0.2, 0.25) is 0 Å². The summed E-state index contributed by atoms with van der Waals surface area (Å²) < 4.78 is 2.54. The van der Waals surface area contributed by atoms with Crippen LogP contribution in [0.5, 0.6) is 0 Å². The minimum atomic E-state index is 1.01. The SMILES string of the molecule is c1ccc(CCCn2c3c(c4ccccc42)CCNC3)cc1. The van der Waals surface area contributed by atoms with E-state index in [4.69, 9.17) is 0 Å². The maximum absolute atomic E-state index is 3.53. The van der Waals surface area contributed by atoms with Crippen LogP contribution in [0.25, 0.3) is 10.9 Å². The minimum Gasteiger partial charge on any atom is -0.343 e. The average Bonchev–Trinajstić information content (AvgIpc) is 2.91. The number of hydrogen-bond acceptors (Lipinski definition) is 1. The van der Waals surface area contributed by atoms with Crippen molar-refractivity contribution in [2.75, 3.05) is 6.54 Å². The molecule has 2 heteroatoms. The molecule has 0 aliphatic carbocycles. The van der Waals surface area contributed by atoms with Crippen molar-refractivity contribution in [2.24, 2.45) is 0 Å². The smallest absolute Gasteiger partial charge is 0.0485 e. The second-order valence-electron chi connectivity index (χ2n) is 6.11. The molecule has 0 spiro atoms. The molecule has 1 aliphatic heterocycles. The van der Waals surface area contributed by atoms with Crippen LogP contribution in [0.1, 0.15) is 23.2 Å². The highest BCUT2D eigenvalue weighted by molar-refractivity contribution is 5.85. The Kier molecular flexibility index (Phi) is 3.69. The molecule has 0 amide bonds. The van der Waals surface area contributed by atoms with E-state index in [1.165, 1.54) is 28.6 Å². The zero-order valence-corrected chi connectivity index (χ0v) is 12.9. The molecule has 2 heterocycles. The fourth-order valence-corrected chi connectivity index (χ4v) is 3.67. The molecule has 0 unspecified atom stereocenters. The summed E-state index contributed by atoms with van der Waals surface area (Å²) in [5.41, 5.74) is 5.91. The van der Waals surface area contributed by atoms with Crippen molar-refractivity contribution in [1.82, 2.24) is 9.88 Å². The number of fused-ring (bicyclic) bond motifs is 3. The Morgan fingerprint density at radius 2 is 1.77 bits per heavy atom. The highest BCUT2D eigenvalue weighted by atomic mass is 15.0. The van der Waals surface area contributed by atoms with Gasteiger partial charge in [-0.1, -0.05) is 48.5 Å². The molecule has 22 heavy (non-hydrogen) atoms. The maximum Gasteiger partial charge on any atom is 0.0485 e. The van der Waals surface area contributed by atoms with Gasteiger partial charge in [0.2, 0.25) is 0 Å². The van der Waals surface area contributed by atoms with Crippen molar-refractivity contribution >= 4 is 10.9 Å². The topological polar surface area (TPSA) is 17.0 Å². The van der Waals surface area contributed by atoms with Crippen LogP contribution in [-0.2, 0) is 25.9 Å². The van der Waals surface area contributed by atoms with Gasteiger partial charge in [-0.2, -0.15) is 0 Å². The van der Waals surface area contributed by atoms with Crippen molar-refractivity contribution < 1.29 is 0 Å². The van der Waals surface area contributed by atoms with Gasteiger partial charge >= 0.3 is 0 Å². The van der Waals surface area contributed by atoms with Crippen molar-refractivity contribution in [2.45, 2.75) is 32.4 Å². The summed E-state index contributed by atoms with van der Waals surface area (Å²) in [5.74, 6) is 0. The van der Waals surface area contributed by atoms with Crippen molar-refractivity contribution in [3.05, 3.63) is 71.4 Å². The molecule has 0 atom stereocenters. The number of nitrogens with zero attached hydrogens (tertiary/aromatic N) is 1. The molecule has 0 saturated carbocycles. The minimum absolute atomic E-state index is 1.01. The highest BCUT2D eigenvalue weighted by Crippen LogP contribution is 2.28. The van der Waals surface area contributed by atoms with E-state index < -0.39 is 0 Å². The molecular weight excluding hydrogens is 268 g/mol. The third-order valence-electron chi connectivity index (χ3n) is 4.73. The Morgan fingerprint density at radius 1 is 0.955 bits per heavy atom. The lowest BCUT2D eigenvalue weighted by Crippen LogP contribution is -2.25. The molecule has 1 aromatic heterocycles. The largest absolute Gasteiger partial charge is 0.343 e.